The first-order valence-corrected chi connectivity index (χ1v) is 14.6. The third-order valence-corrected chi connectivity index (χ3v) is 8.64. The molecule has 0 amide bonds. The summed E-state index contributed by atoms with van der Waals surface area (Å²) in [5, 5.41) is 11.8. The molecule has 0 aliphatic heterocycles. The zero-order valence-corrected chi connectivity index (χ0v) is 23.7. The predicted molar refractivity (Wildman–Crippen MR) is 156 cm³/mol. The molecule has 0 bridgehead atoms. The maximum Gasteiger partial charge on any atom is 0.281 e. The van der Waals surface area contributed by atoms with E-state index in [0.29, 0.717) is 12.8 Å². The van der Waals surface area contributed by atoms with Crippen LogP contribution < -0.4 is 15.0 Å². The number of sulfone groups is 1. The van der Waals surface area contributed by atoms with Crippen molar-refractivity contribution in [2.45, 2.75) is 36.0 Å². The number of aromatic nitrogens is 3. The van der Waals surface area contributed by atoms with E-state index >= 15 is 0 Å². The second-order valence-electron chi connectivity index (χ2n) is 9.34. The third-order valence-electron chi connectivity index (χ3n) is 6.85. The number of fused-ring (bicyclic) bond motifs is 1. The summed E-state index contributed by atoms with van der Waals surface area (Å²) in [5.74, 6) is -0.0929. The molecule has 1 N–H and O–H groups in total. The van der Waals surface area contributed by atoms with Crippen molar-refractivity contribution in [2.75, 3.05) is 14.2 Å². The van der Waals surface area contributed by atoms with Gasteiger partial charge in [-0.2, -0.15) is 4.98 Å². The number of aryl methyl sites for hydroxylation is 1. The zero-order valence-electron chi connectivity index (χ0n) is 22.9. The van der Waals surface area contributed by atoms with Gasteiger partial charge in [0, 0.05) is 23.6 Å². The summed E-state index contributed by atoms with van der Waals surface area (Å²) < 4.78 is 39.9. The van der Waals surface area contributed by atoms with Gasteiger partial charge < -0.3 is 14.6 Å². The Morgan fingerprint density at radius 1 is 0.902 bits per heavy atom. The van der Waals surface area contributed by atoms with Gasteiger partial charge in [-0.1, -0.05) is 55.8 Å². The van der Waals surface area contributed by atoms with Gasteiger partial charge in [-0.15, -0.1) is 0 Å². The first-order chi connectivity index (χ1) is 19.8. The Balaban J connectivity index is 1.68. The van der Waals surface area contributed by atoms with Gasteiger partial charge in [0.25, 0.3) is 5.56 Å². The van der Waals surface area contributed by atoms with Gasteiger partial charge in [0.15, 0.2) is 4.90 Å². The van der Waals surface area contributed by atoms with E-state index in [0.717, 1.165) is 33.0 Å². The van der Waals surface area contributed by atoms with E-state index in [1.807, 2.05) is 37.3 Å². The van der Waals surface area contributed by atoms with Crippen LogP contribution in [0.5, 0.6) is 17.4 Å². The highest BCUT2D eigenvalue weighted by Gasteiger charge is 2.31. The minimum atomic E-state index is -4.49. The van der Waals surface area contributed by atoms with E-state index in [9.17, 15) is 18.3 Å². The van der Waals surface area contributed by atoms with Gasteiger partial charge in [0.1, 0.15) is 23.0 Å². The maximum absolute atomic E-state index is 14.0. The van der Waals surface area contributed by atoms with E-state index in [4.69, 9.17) is 9.47 Å². The number of hydrogen-bond acceptors (Lipinski definition) is 8. The van der Waals surface area contributed by atoms with Crippen molar-refractivity contribution >= 4 is 20.7 Å². The SMILES string of the molecule is CCCCc1nc(O)c(S(=O)(=O)c2ccc(-c3cccc4cccnc34)cc2)c(=O)n1-c1c(OC)cccc1OC. The molecular weight excluding hydrogens is 542 g/mol. The molecule has 0 aliphatic carbocycles. The first-order valence-electron chi connectivity index (χ1n) is 13.1. The maximum atomic E-state index is 14.0. The molecule has 3 aromatic carbocycles. The molecule has 0 atom stereocenters. The topological polar surface area (TPSA) is 121 Å². The Kier molecular flexibility index (Phi) is 7.76. The van der Waals surface area contributed by atoms with Crippen molar-refractivity contribution in [3.8, 4) is 34.2 Å². The Hall–Kier alpha value is -4.70. The normalized spacial score (nSPS) is 11.5. The Bertz CT molecular complexity index is 1870. The fourth-order valence-electron chi connectivity index (χ4n) is 4.83. The Labute approximate surface area is 237 Å². The molecule has 2 heterocycles. The number of pyridine rings is 1. The van der Waals surface area contributed by atoms with E-state index < -0.39 is 26.2 Å². The fraction of sp³-hybridized carbons (Fsp3) is 0.194. The summed E-state index contributed by atoms with van der Waals surface area (Å²) >= 11 is 0. The fourth-order valence-corrected chi connectivity index (χ4v) is 6.16. The van der Waals surface area contributed by atoms with Gasteiger partial charge in [0.05, 0.1) is 24.6 Å². The molecule has 0 radical (unpaired) electrons. The van der Waals surface area contributed by atoms with Gasteiger partial charge in [0.2, 0.25) is 15.7 Å². The molecule has 5 aromatic rings. The minimum Gasteiger partial charge on any atom is -0.494 e. The summed E-state index contributed by atoms with van der Waals surface area (Å²) in [6, 6.07) is 20.6. The van der Waals surface area contributed by atoms with Gasteiger partial charge in [-0.25, -0.2) is 8.42 Å². The van der Waals surface area contributed by atoms with E-state index in [1.54, 1.807) is 36.5 Å². The van der Waals surface area contributed by atoms with Crippen LogP contribution >= 0.6 is 0 Å². The molecule has 41 heavy (non-hydrogen) atoms. The lowest BCUT2D eigenvalue weighted by Gasteiger charge is -2.19. The van der Waals surface area contributed by atoms with Crippen molar-refractivity contribution in [1.82, 2.24) is 14.5 Å². The number of rotatable bonds is 9. The molecular formula is C31H29N3O6S. The van der Waals surface area contributed by atoms with Crippen molar-refractivity contribution in [1.29, 1.82) is 0 Å². The highest BCUT2D eigenvalue weighted by atomic mass is 32.2. The largest absolute Gasteiger partial charge is 0.494 e. The molecule has 0 saturated heterocycles. The van der Waals surface area contributed by atoms with E-state index in [-0.39, 0.29) is 27.9 Å². The highest BCUT2D eigenvalue weighted by Crippen LogP contribution is 2.35. The quantitative estimate of drug-likeness (QED) is 0.252. The summed E-state index contributed by atoms with van der Waals surface area (Å²) in [6.07, 6.45) is 3.46. The summed E-state index contributed by atoms with van der Waals surface area (Å²) in [7, 11) is -1.62. The lowest BCUT2D eigenvalue weighted by Crippen LogP contribution is -2.29. The summed E-state index contributed by atoms with van der Waals surface area (Å²) in [6.45, 7) is 1.97. The first kappa shape index (κ1) is 27.9. The number of ether oxygens (including phenoxy) is 2. The molecule has 0 fully saturated rings. The molecule has 0 unspecified atom stereocenters. The van der Waals surface area contributed by atoms with Gasteiger partial charge in [-0.3, -0.25) is 14.3 Å². The number of hydrogen-bond donors (Lipinski definition) is 1. The molecule has 0 spiro atoms. The van der Waals surface area contributed by atoms with Crippen LogP contribution in [0.25, 0.3) is 27.7 Å². The van der Waals surface area contributed by atoms with Crippen LogP contribution in [0.2, 0.25) is 0 Å². The van der Waals surface area contributed by atoms with Crippen LogP contribution in [-0.2, 0) is 16.3 Å². The number of unbranched alkanes of at least 4 members (excludes halogenated alkanes) is 1. The lowest BCUT2D eigenvalue weighted by molar-refractivity contribution is 0.386. The van der Waals surface area contributed by atoms with Crippen LogP contribution in [0.3, 0.4) is 0 Å². The standard InChI is InChI=1S/C31H29N3O6S/c1-4-5-14-26-33-30(35)29(31(36)34(26)28-24(39-2)12-7-13-25(28)40-3)41(37,38)22-17-15-20(16-18-22)23-11-6-9-21-10-8-19-32-27(21)23/h6-13,15-19,35H,4-5,14H2,1-3H3. The van der Waals surface area contributed by atoms with Gasteiger partial charge in [-0.05, 0) is 42.3 Å². The third kappa shape index (κ3) is 5.02. The average Bonchev–Trinajstić information content (AvgIpc) is 2.99. The van der Waals surface area contributed by atoms with Crippen molar-refractivity contribution in [2.24, 2.45) is 0 Å². The molecule has 0 saturated carbocycles. The lowest BCUT2D eigenvalue weighted by atomic mass is 10.0. The molecule has 10 heteroatoms. The summed E-state index contributed by atoms with van der Waals surface area (Å²) in [4.78, 5) is 21.7. The van der Waals surface area contributed by atoms with Crippen molar-refractivity contribution in [3.63, 3.8) is 0 Å². The molecule has 210 valence electrons. The predicted octanol–water partition coefficient (Wildman–Crippen LogP) is 5.35. The van der Waals surface area contributed by atoms with Crippen molar-refractivity contribution < 1.29 is 23.0 Å². The van der Waals surface area contributed by atoms with Crippen LogP contribution in [0.15, 0.2) is 93.6 Å². The van der Waals surface area contributed by atoms with Crippen LogP contribution in [-0.4, -0.2) is 42.3 Å². The zero-order chi connectivity index (χ0) is 29.1. The molecule has 2 aromatic heterocycles. The van der Waals surface area contributed by atoms with Crippen LogP contribution in [0.1, 0.15) is 25.6 Å². The summed E-state index contributed by atoms with van der Waals surface area (Å²) in [5.41, 5.74) is 1.62. The van der Waals surface area contributed by atoms with E-state index in [1.165, 1.54) is 26.4 Å². The number of nitrogens with zero attached hydrogens (tertiary/aromatic N) is 3. The minimum absolute atomic E-state index is 0.163. The van der Waals surface area contributed by atoms with Crippen LogP contribution in [0, 0.1) is 0 Å². The average molecular weight is 572 g/mol. The number of para-hydroxylation sites is 2. The monoisotopic (exact) mass is 571 g/mol. The molecule has 9 nitrogen and oxygen atoms in total. The Morgan fingerprint density at radius 3 is 2.22 bits per heavy atom. The van der Waals surface area contributed by atoms with Crippen molar-refractivity contribution in [3.05, 3.63) is 95.2 Å². The number of methoxy groups -OCH3 is 2. The number of benzene rings is 3. The smallest absolute Gasteiger partial charge is 0.281 e. The molecule has 5 rings (SSSR count). The Morgan fingerprint density at radius 2 is 1.56 bits per heavy atom. The second kappa shape index (κ2) is 11.4. The van der Waals surface area contributed by atoms with E-state index in [2.05, 4.69) is 9.97 Å². The highest BCUT2D eigenvalue weighted by molar-refractivity contribution is 7.91. The number of aromatic hydroxyl groups is 1. The molecule has 0 aliphatic rings. The second-order valence-corrected chi connectivity index (χ2v) is 11.2. The van der Waals surface area contributed by atoms with Gasteiger partial charge >= 0.3 is 0 Å². The van der Waals surface area contributed by atoms with Crippen LogP contribution in [0.4, 0.5) is 0 Å².